The molecule has 1 spiro atoms. The zero-order valence-corrected chi connectivity index (χ0v) is 18.1. The molecule has 2 amide bonds. The van der Waals surface area contributed by atoms with Crippen LogP contribution in [0.2, 0.25) is 0 Å². The lowest BCUT2D eigenvalue weighted by molar-refractivity contribution is -0.144. The zero-order chi connectivity index (χ0) is 21.8. The monoisotopic (exact) mass is 421 g/mol. The van der Waals surface area contributed by atoms with E-state index in [1.54, 1.807) is 0 Å². The molecule has 2 aromatic carbocycles. The first-order valence-corrected chi connectivity index (χ1v) is 11.0. The molecule has 2 aliphatic heterocycles. The molecule has 3 atom stereocenters. The van der Waals surface area contributed by atoms with Crippen molar-refractivity contribution in [3.63, 3.8) is 0 Å². The summed E-state index contributed by atoms with van der Waals surface area (Å²) in [6.45, 7) is 2.14. The number of hydrogen-bond acceptors (Lipinski definition) is 4. The number of para-hydroxylation sites is 1. The average molecular weight is 422 g/mol. The van der Waals surface area contributed by atoms with Gasteiger partial charge in [0.25, 0.3) is 0 Å². The summed E-state index contributed by atoms with van der Waals surface area (Å²) < 4.78 is 5.70. The van der Waals surface area contributed by atoms with Gasteiger partial charge in [0.2, 0.25) is 11.8 Å². The van der Waals surface area contributed by atoms with Crippen LogP contribution in [0.5, 0.6) is 5.75 Å². The standard InChI is InChI=1S/C25H31N3O3/c1-27-17-21(19-9-4-2-5-10-19)25(24(27)30)14-8-15-28(18-25)23(29)22(26)13-16-31-20-11-6-3-7-12-20/h2-7,9-12,21-22H,8,13-18,26H2,1H3/t21-,22?,25-/m0/s1. The lowest BCUT2D eigenvalue weighted by Gasteiger charge is -2.43. The highest BCUT2D eigenvalue weighted by molar-refractivity contribution is 5.88. The van der Waals surface area contributed by atoms with E-state index >= 15 is 0 Å². The van der Waals surface area contributed by atoms with Crippen molar-refractivity contribution in [3.8, 4) is 5.75 Å². The maximum atomic E-state index is 13.3. The molecule has 2 fully saturated rings. The summed E-state index contributed by atoms with van der Waals surface area (Å²) in [6, 6.07) is 19.1. The van der Waals surface area contributed by atoms with Gasteiger partial charge in [-0.1, -0.05) is 48.5 Å². The van der Waals surface area contributed by atoms with Crippen LogP contribution >= 0.6 is 0 Å². The third-order valence-electron chi connectivity index (χ3n) is 6.69. The van der Waals surface area contributed by atoms with Crippen molar-refractivity contribution in [3.05, 3.63) is 66.2 Å². The summed E-state index contributed by atoms with van der Waals surface area (Å²) in [5.41, 5.74) is 6.84. The number of piperidine rings is 1. The van der Waals surface area contributed by atoms with Gasteiger partial charge in [-0.3, -0.25) is 9.59 Å². The Morgan fingerprint density at radius 3 is 2.55 bits per heavy atom. The molecule has 6 heteroatoms. The SMILES string of the molecule is CN1C[C@@H](c2ccccc2)[C@@]2(CCCN(C(=O)C(N)CCOc3ccccc3)C2)C1=O. The van der Waals surface area contributed by atoms with Crippen molar-refractivity contribution in [2.24, 2.45) is 11.1 Å². The fourth-order valence-electron chi connectivity index (χ4n) is 5.08. The van der Waals surface area contributed by atoms with Gasteiger partial charge in [0.15, 0.2) is 0 Å². The summed E-state index contributed by atoms with van der Waals surface area (Å²) in [4.78, 5) is 30.0. The molecule has 0 saturated carbocycles. The van der Waals surface area contributed by atoms with Crippen molar-refractivity contribution in [1.29, 1.82) is 0 Å². The predicted molar refractivity (Wildman–Crippen MR) is 120 cm³/mol. The van der Waals surface area contributed by atoms with Crippen molar-refractivity contribution in [2.75, 3.05) is 33.3 Å². The number of rotatable bonds is 6. The Hall–Kier alpha value is -2.86. The van der Waals surface area contributed by atoms with Gasteiger partial charge in [0.1, 0.15) is 5.75 Å². The third kappa shape index (κ3) is 4.30. The number of amides is 2. The third-order valence-corrected chi connectivity index (χ3v) is 6.69. The maximum Gasteiger partial charge on any atom is 0.239 e. The fraction of sp³-hybridized carbons (Fsp3) is 0.440. The molecule has 0 aliphatic carbocycles. The molecular formula is C25H31N3O3. The molecule has 2 aromatic rings. The summed E-state index contributed by atoms with van der Waals surface area (Å²) in [7, 11) is 1.86. The molecule has 2 heterocycles. The van der Waals surface area contributed by atoms with Crippen LogP contribution in [0, 0.1) is 5.41 Å². The van der Waals surface area contributed by atoms with E-state index < -0.39 is 11.5 Å². The molecule has 0 bridgehead atoms. The van der Waals surface area contributed by atoms with Gasteiger partial charge in [-0.15, -0.1) is 0 Å². The van der Waals surface area contributed by atoms with Crippen molar-refractivity contribution in [2.45, 2.75) is 31.2 Å². The Kier molecular flexibility index (Phi) is 6.28. The first-order chi connectivity index (χ1) is 15.0. The second-order valence-electron chi connectivity index (χ2n) is 8.73. The Morgan fingerprint density at radius 2 is 1.84 bits per heavy atom. The van der Waals surface area contributed by atoms with Gasteiger partial charge in [-0.05, 0) is 30.5 Å². The van der Waals surface area contributed by atoms with Crippen molar-refractivity contribution >= 4 is 11.8 Å². The first-order valence-electron chi connectivity index (χ1n) is 11.0. The Morgan fingerprint density at radius 1 is 1.16 bits per heavy atom. The lowest BCUT2D eigenvalue weighted by Crippen LogP contribution is -2.55. The topological polar surface area (TPSA) is 75.9 Å². The van der Waals surface area contributed by atoms with Crippen LogP contribution in [0.25, 0.3) is 0 Å². The number of likely N-dealkylation sites (tertiary alicyclic amines) is 2. The summed E-state index contributed by atoms with van der Waals surface area (Å²) in [5.74, 6) is 0.897. The molecule has 4 rings (SSSR count). The highest BCUT2D eigenvalue weighted by Crippen LogP contribution is 2.49. The number of likely N-dealkylation sites (N-methyl/N-ethyl adjacent to an activating group) is 1. The van der Waals surface area contributed by atoms with Crippen LogP contribution in [0.1, 0.15) is 30.7 Å². The van der Waals surface area contributed by atoms with E-state index in [1.165, 1.54) is 0 Å². The van der Waals surface area contributed by atoms with E-state index in [4.69, 9.17) is 10.5 Å². The number of carbonyl (C=O) groups is 2. The maximum absolute atomic E-state index is 13.3. The largest absolute Gasteiger partial charge is 0.494 e. The minimum absolute atomic E-state index is 0.0828. The van der Waals surface area contributed by atoms with Crippen molar-refractivity contribution < 1.29 is 14.3 Å². The molecule has 2 saturated heterocycles. The summed E-state index contributed by atoms with van der Waals surface area (Å²) in [6.07, 6.45) is 2.04. The number of nitrogens with two attached hydrogens (primary N) is 1. The number of benzene rings is 2. The highest BCUT2D eigenvalue weighted by Gasteiger charge is 2.55. The number of carbonyl (C=O) groups excluding carboxylic acids is 2. The normalized spacial score (nSPS) is 24.5. The average Bonchev–Trinajstić information content (AvgIpc) is 3.04. The minimum Gasteiger partial charge on any atom is -0.494 e. The van der Waals surface area contributed by atoms with Gasteiger partial charge < -0.3 is 20.3 Å². The molecule has 2 aliphatic rings. The van der Waals surface area contributed by atoms with E-state index in [0.717, 1.165) is 24.2 Å². The van der Waals surface area contributed by atoms with Gasteiger partial charge in [0, 0.05) is 39.0 Å². The van der Waals surface area contributed by atoms with E-state index in [-0.39, 0.29) is 17.7 Å². The Labute approximate surface area is 184 Å². The van der Waals surface area contributed by atoms with E-state index in [1.807, 2.05) is 65.4 Å². The fourth-order valence-corrected chi connectivity index (χ4v) is 5.08. The van der Waals surface area contributed by atoms with E-state index in [2.05, 4.69) is 12.1 Å². The van der Waals surface area contributed by atoms with Crippen LogP contribution in [0.4, 0.5) is 0 Å². The van der Waals surface area contributed by atoms with Crippen LogP contribution in [0.15, 0.2) is 60.7 Å². The molecule has 6 nitrogen and oxygen atoms in total. The quantitative estimate of drug-likeness (QED) is 0.778. The predicted octanol–water partition coefficient (Wildman–Crippen LogP) is 2.65. The zero-order valence-electron chi connectivity index (χ0n) is 18.1. The second kappa shape index (κ2) is 9.10. The van der Waals surface area contributed by atoms with Crippen LogP contribution in [-0.2, 0) is 9.59 Å². The van der Waals surface area contributed by atoms with E-state index in [0.29, 0.717) is 32.7 Å². The first kappa shape index (κ1) is 21.4. The Balaban J connectivity index is 1.44. The van der Waals surface area contributed by atoms with Gasteiger partial charge >= 0.3 is 0 Å². The van der Waals surface area contributed by atoms with Gasteiger partial charge in [0.05, 0.1) is 18.1 Å². The van der Waals surface area contributed by atoms with Crippen molar-refractivity contribution in [1.82, 2.24) is 9.80 Å². The number of ether oxygens (including phenoxy) is 1. The number of hydrogen-bond donors (Lipinski definition) is 1. The highest BCUT2D eigenvalue weighted by atomic mass is 16.5. The molecule has 31 heavy (non-hydrogen) atoms. The Bertz CT molecular complexity index is 905. The molecule has 164 valence electrons. The molecule has 0 radical (unpaired) electrons. The summed E-state index contributed by atoms with van der Waals surface area (Å²) >= 11 is 0. The van der Waals surface area contributed by atoms with Gasteiger partial charge in [-0.25, -0.2) is 0 Å². The number of nitrogens with zero attached hydrogens (tertiary/aromatic N) is 2. The van der Waals surface area contributed by atoms with Crippen LogP contribution in [0.3, 0.4) is 0 Å². The lowest BCUT2D eigenvalue weighted by atomic mass is 9.69. The van der Waals surface area contributed by atoms with E-state index in [9.17, 15) is 9.59 Å². The molecular weight excluding hydrogens is 390 g/mol. The second-order valence-corrected chi connectivity index (χ2v) is 8.73. The molecule has 0 aromatic heterocycles. The molecule has 2 N–H and O–H groups in total. The van der Waals surface area contributed by atoms with Gasteiger partial charge in [-0.2, -0.15) is 0 Å². The van der Waals surface area contributed by atoms with Crippen LogP contribution in [-0.4, -0.2) is 60.9 Å². The minimum atomic E-state index is -0.636. The molecule has 1 unspecified atom stereocenters. The van der Waals surface area contributed by atoms with Crippen LogP contribution < -0.4 is 10.5 Å². The summed E-state index contributed by atoms with van der Waals surface area (Å²) in [5, 5.41) is 0. The smallest absolute Gasteiger partial charge is 0.239 e.